The molecule has 1 N–H and O–H groups in total. The number of nitrogens with one attached hydrogen (secondary N) is 1. The molecule has 1 aromatic carbocycles. The Labute approximate surface area is 168 Å². The van der Waals surface area contributed by atoms with E-state index in [0.717, 1.165) is 16.9 Å². The molecule has 0 aliphatic carbocycles. The predicted octanol–water partition coefficient (Wildman–Crippen LogP) is 1.26. The summed E-state index contributed by atoms with van der Waals surface area (Å²) in [7, 11) is 0. The highest BCUT2D eigenvalue weighted by Crippen LogP contribution is 2.17. The summed E-state index contributed by atoms with van der Waals surface area (Å²) in [5.74, 6) is 0.681. The van der Waals surface area contributed by atoms with E-state index in [-0.39, 0.29) is 18.4 Å². The number of nitrogens with zero attached hydrogens (tertiary/aromatic N) is 4. The first-order chi connectivity index (χ1) is 14.2. The van der Waals surface area contributed by atoms with Gasteiger partial charge in [0.05, 0.1) is 24.2 Å². The number of fused-ring (bicyclic) bond motifs is 1. The number of hydrogen-bond donors (Lipinski definition) is 1. The summed E-state index contributed by atoms with van der Waals surface area (Å²) in [6, 6.07) is 11.1. The topological polar surface area (TPSA) is 89.4 Å². The van der Waals surface area contributed by atoms with Gasteiger partial charge in [0.1, 0.15) is 12.4 Å². The van der Waals surface area contributed by atoms with Crippen molar-refractivity contribution in [1.82, 2.24) is 24.8 Å². The second-order valence-electron chi connectivity index (χ2n) is 6.84. The largest absolute Gasteiger partial charge is 0.378 e. The van der Waals surface area contributed by atoms with E-state index in [1.165, 1.54) is 0 Å². The zero-order chi connectivity index (χ0) is 20.1. The van der Waals surface area contributed by atoms with Gasteiger partial charge in [-0.1, -0.05) is 12.1 Å². The van der Waals surface area contributed by atoms with Gasteiger partial charge in [0, 0.05) is 44.0 Å². The third-order valence-corrected chi connectivity index (χ3v) is 4.97. The number of para-hydroxylation sites is 2. The van der Waals surface area contributed by atoms with E-state index in [2.05, 4.69) is 15.3 Å². The molecule has 0 bridgehead atoms. The summed E-state index contributed by atoms with van der Waals surface area (Å²) in [6.07, 6.45) is 3.71. The highest BCUT2D eigenvalue weighted by Gasteiger charge is 2.20. The second-order valence-corrected chi connectivity index (χ2v) is 6.84. The van der Waals surface area contributed by atoms with Crippen molar-refractivity contribution < 1.29 is 14.3 Å². The smallest absolute Gasteiger partial charge is 0.251 e. The van der Waals surface area contributed by atoms with Gasteiger partial charge in [-0.25, -0.2) is 4.98 Å². The first kappa shape index (κ1) is 19.1. The number of ether oxygens (including phenoxy) is 1. The minimum atomic E-state index is -0.153. The quantitative estimate of drug-likeness (QED) is 0.681. The SMILES string of the molecule is O=C(NCCc1nc2ccccc2n1CC(=O)N1CCOCC1)c1ccncc1. The van der Waals surface area contributed by atoms with Gasteiger partial charge >= 0.3 is 0 Å². The van der Waals surface area contributed by atoms with Gasteiger partial charge in [-0.15, -0.1) is 0 Å². The van der Waals surface area contributed by atoms with Crippen LogP contribution in [0.25, 0.3) is 11.0 Å². The maximum Gasteiger partial charge on any atom is 0.251 e. The molecule has 0 unspecified atom stereocenters. The first-order valence-electron chi connectivity index (χ1n) is 9.70. The van der Waals surface area contributed by atoms with Gasteiger partial charge < -0.3 is 19.5 Å². The number of imidazole rings is 1. The molecular weight excluding hydrogens is 370 g/mol. The second kappa shape index (κ2) is 8.83. The molecule has 150 valence electrons. The molecule has 1 aliphatic rings. The molecule has 1 fully saturated rings. The van der Waals surface area contributed by atoms with Crippen molar-refractivity contribution in [3.05, 3.63) is 60.2 Å². The van der Waals surface area contributed by atoms with Crippen molar-refractivity contribution in [3.8, 4) is 0 Å². The van der Waals surface area contributed by atoms with Crippen LogP contribution >= 0.6 is 0 Å². The van der Waals surface area contributed by atoms with Crippen molar-refractivity contribution >= 4 is 22.8 Å². The van der Waals surface area contributed by atoms with E-state index in [0.29, 0.717) is 44.8 Å². The van der Waals surface area contributed by atoms with E-state index < -0.39 is 0 Å². The lowest BCUT2D eigenvalue weighted by Gasteiger charge is -2.27. The highest BCUT2D eigenvalue weighted by atomic mass is 16.5. The van der Waals surface area contributed by atoms with Gasteiger partial charge in [-0.05, 0) is 24.3 Å². The normalized spacial score (nSPS) is 14.1. The number of rotatable bonds is 6. The van der Waals surface area contributed by atoms with Crippen LogP contribution in [0, 0.1) is 0 Å². The average Bonchev–Trinajstić information content (AvgIpc) is 3.12. The standard InChI is InChI=1S/C21H23N5O3/c27-20(25-11-13-29-14-12-25)15-26-18-4-2-1-3-17(18)24-19(26)7-10-23-21(28)16-5-8-22-9-6-16/h1-6,8-9H,7,10-15H2,(H,23,28). The predicted molar refractivity (Wildman–Crippen MR) is 107 cm³/mol. The molecule has 0 radical (unpaired) electrons. The molecule has 8 heteroatoms. The fourth-order valence-electron chi connectivity index (χ4n) is 3.43. The fourth-order valence-corrected chi connectivity index (χ4v) is 3.43. The van der Waals surface area contributed by atoms with Crippen molar-refractivity contribution in [2.75, 3.05) is 32.8 Å². The Bertz CT molecular complexity index is 996. The molecule has 8 nitrogen and oxygen atoms in total. The van der Waals surface area contributed by atoms with Crippen molar-refractivity contribution in [2.45, 2.75) is 13.0 Å². The Morgan fingerprint density at radius 1 is 1.07 bits per heavy atom. The Morgan fingerprint density at radius 2 is 1.83 bits per heavy atom. The van der Waals surface area contributed by atoms with Crippen LogP contribution in [0.15, 0.2) is 48.8 Å². The van der Waals surface area contributed by atoms with Crippen LogP contribution in [0.2, 0.25) is 0 Å². The Morgan fingerprint density at radius 3 is 2.62 bits per heavy atom. The van der Waals surface area contributed by atoms with Crippen molar-refractivity contribution in [3.63, 3.8) is 0 Å². The molecule has 2 aromatic heterocycles. The lowest BCUT2D eigenvalue weighted by Crippen LogP contribution is -2.42. The number of benzene rings is 1. The third kappa shape index (κ3) is 4.43. The number of hydrogen-bond acceptors (Lipinski definition) is 5. The average molecular weight is 393 g/mol. The molecule has 4 rings (SSSR count). The summed E-state index contributed by atoms with van der Waals surface area (Å²) >= 11 is 0. The number of carbonyl (C=O) groups excluding carboxylic acids is 2. The van der Waals surface area contributed by atoms with Crippen LogP contribution in [0.4, 0.5) is 0 Å². The Kier molecular flexibility index (Phi) is 5.81. The van der Waals surface area contributed by atoms with E-state index >= 15 is 0 Å². The molecular formula is C21H23N5O3. The van der Waals surface area contributed by atoms with Gasteiger partial charge in [-0.3, -0.25) is 14.6 Å². The minimum absolute atomic E-state index is 0.0542. The first-order valence-corrected chi connectivity index (χ1v) is 9.70. The van der Waals surface area contributed by atoms with E-state index in [1.54, 1.807) is 24.5 Å². The maximum absolute atomic E-state index is 12.8. The van der Waals surface area contributed by atoms with Crippen molar-refractivity contribution in [2.24, 2.45) is 0 Å². The number of pyridine rings is 1. The van der Waals surface area contributed by atoms with Gasteiger partial charge in [0.15, 0.2) is 0 Å². The zero-order valence-corrected chi connectivity index (χ0v) is 16.1. The molecule has 0 atom stereocenters. The zero-order valence-electron chi connectivity index (χ0n) is 16.1. The number of carbonyl (C=O) groups is 2. The summed E-state index contributed by atoms with van der Waals surface area (Å²) < 4.78 is 7.28. The van der Waals surface area contributed by atoms with E-state index in [1.807, 2.05) is 33.7 Å². The summed E-state index contributed by atoms with van der Waals surface area (Å²) in [6.45, 7) is 3.03. The van der Waals surface area contributed by atoms with Crippen LogP contribution in [0.5, 0.6) is 0 Å². The van der Waals surface area contributed by atoms with E-state index in [9.17, 15) is 9.59 Å². The number of amides is 2. The van der Waals surface area contributed by atoms with E-state index in [4.69, 9.17) is 4.74 Å². The van der Waals surface area contributed by atoms with Gasteiger partial charge in [0.25, 0.3) is 5.91 Å². The lowest BCUT2D eigenvalue weighted by molar-refractivity contribution is -0.135. The molecule has 3 heterocycles. The third-order valence-electron chi connectivity index (χ3n) is 4.97. The summed E-state index contributed by atoms with van der Waals surface area (Å²) in [5, 5.41) is 2.90. The molecule has 1 aliphatic heterocycles. The van der Waals surface area contributed by atoms with Crippen LogP contribution in [0.3, 0.4) is 0 Å². The summed E-state index contributed by atoms with van der Waals surface area (Å²) in [5.41, 5.74) is 2.33. The molecule has 0 spiro atoms. The number of aromatic nitrogens is 3. The van der Waals surface area contributed by atoms with Crippen LogP contribution in [-0.2, 0) is 22.5 Å². The van der Waals surface area contributed by atoms with Gasteiger partial charge in [-0.2, -0.15) is 0 Å². The monoisotopic (exact) mass is 393 g/mol. The lowest BCUT2D eigenvalue weighted by atomic mass is 10.2. The number of morpholine rings is 1. The molecule has 3 aromatic rings. The highest BCUT2D eigenvalue weighted by molar-refractivity contribution is 5.93. The maximum atomic E-state index is 12.8. The van der Waals surface area contributed by atoms with Gasteiger partial charge in [0.2, 0.25) is 5.91 Å². The molecule has 0 saturated carbocycles. The van der Waals surface area contributed by atoms with Crippen LogP contribution in [-0.4, -0.2) is 64.1 Å². The fraction of sp³-hybridized carbons (Fsp3) is 0.333. The molecule has 29 heavy (non-hydrogen) atoms. The van der Waals surface area contributed by atoms with Crippen LogP contribution < -0.4 is 5.32 Å². The molecule has 1 saturated heterocycles. The Balaban J connectivity index is 1.47. The Hall–Kier alpha value is -3.26. The minimum Gasteiger partial charge on any atom is -0.378 e. The summed E-state index contributed by atoms with van der Waals surface area (Å²) in [4.78, 5) is 35.4. The van der Waals surface area contributed by atoms with Crippen LogP contribution in [0.1, 0.15) is 16.2 Å². The van der Waals surface area contributed by atoms with Crippen molar-refractivity contribution in [1.29, 1.82) is 0 Å². The molecule has 2 amide bonds.